The van der Waals surface area contributed by atoms with Crippen molar-refractivity contribution in [1.29, 1.82) is 0 Å². The molecule has 0 saturated carbocycles. The van der Waals surface area contributed by atoms with Gasteiger partial charge in [0, 0.05) is 12.6 Å². The average molecular weight is 250 g/mol. The Labute approximate surface area is 111 Å². The standard InChI is InChI=1S/C15H26N2O/c1-13(16)5-6-14-7-9-15(10-8-14)18-12-4-11-17(2)3/h7-10,13H,4-6,11-12,16H2,1-3H3. The van der Waals surface area contributed by atoms with Crippen molar-refractivity contribution in [3.05, 3.63) is 29.8 Å². The second-order valence-electron chi connectivity index (χ2n) is 5.17. The summed E-state index contributed by atoms with van der Waals surface area (Å²) in [7, 11) is 4.15. The lowest BCUT2D eigenvalue weighted by Crippen LogP contribution is -2.15. The monoisotopic (exact) mass is 250 g/mol. The van der Waals surface area contributed by atoms with Gasteiger partial charge in [-0.05, 0) is 58.0 Å². The van der Waals surface area contributed by atoms with Crippen LogP contribution in [-0.2, 0) is 6.42 Å². The van der Waals surface area contributed by atoms with Gasteiger partial charge in [-0.25, -0.2) is 0 Å². The first-order valence-electron chi connectivity index (χ1n) is 6.70. The highest BCUT2D eigenvalue weighted by molar-refractivity contribution is 5.27. The lowest BCUT2D eigenvalue weighted by Gasteiger charge is -2.11. The fraction of sp³-hybridized carbons (Fsp3) is 0.600. The van der Waals surface area contributed by atoms with Crippen LogP contribution >= 0.6 is 0 Å². The number of benzene rings is 1. The molecule has 1 aromatic rings. The molecule has 0 aromatic heterocycles. The van der Waals surface area contributed by atoms with Crippen LogP contribution in [0.15, 0.2) is 24.3 Å². The minimum atomic E-state index is 0.270. The highest BCUT2D eigenvalue weighted by atomic mass is 16.5. The summed E-state index contributed by atoms with van der Waals surface area (Å²) in [5.74, 6) is 0.957. The molecular weight excluding hydrogens is 224 g/mol. The van der Waals surface area contributed by atoms with Gasteiger partial charge in [0.05, 0.1) is 6.61 Å². The molecular formula is C15H26N2O. The number of hydrogen-bond donors (Lipinski definition) is 1. The minimum absolute atomic E-state index is 0.270. The third-order valence-electron chi connectivity index (χ3n) is 2.83. The van der Waals surface area contributed by atoms with Crippen LogP contribution in [0.4, 0.5) is 0 Å². The van der Waals surface area contributed by atoms with E-state index in [0.29, 0.717) is 0 Å². The van der Waals surface area contributed by atoms with E-state index in [0.717, 1.165) is 38.2 Å². The van der Waals surface area contributed by atoms with E-state index in [1.54, 1.807) is 0 Å². The quantitative estimate of drug-likeness (QED) is 0.719. The minimum Gasteiger partial charge on any atom is -0.494 e. The largest absolute Gasteiger partial charge is 0.494 e. The Morgan fingerprint density at radius 1 is 1.22 bits per heavy atom. The van der Waals surface area contributed by atoms with Gasteiger partial charge in [0.2, 0.25) is 0 Å². The van der Waals surface area contributed by atoms with Crippen molar-refractivity contribution >= 4 is 0 Å². The number of rotatable bonds is 8. The fourth-order valence-corrected chi connectivity index (χ4v) is 1.72. The van der Waals surface area contributed by atoms with Crippen LogP contribution in [0.25, 0.3) is 0 Å². The first-order chi connectivity index (χ1) is 8.58. The van der Waals surface area contributed by atoms with E-state index in [9.17, 15) is 0 Å². The third-order valence-corrected chi connectivity index (χ3v) is 2.83. The smallest absolute Gasteiger partial charge is 0.119 e. The van der Waals surface area contributed by atoms with E-state index < -0.39 is 0 Å². The number of ether oxygens (including phenoxy) is 1. The molecule has 0 aliphatic heterocycles. The first kappa shape index (κ1) is 15.0. The number of aryl methyl sites for hydroxylation is 1. The van der Waals surface area contributed by atoms with Crippen molar-refractivity contribution in [1.82, 2.24) is 4.90 Å². The van der Waals surface area contributed by atoms with Gasteiger partial charge in [0.25, 0.3) is 0 Å². The van der Waals surface area contributed by atoms with E-state index in [1.165, 1.54) is 5.56 Å². The van der Waals surface area contributed by atoms with Crippen molar-refractivity contribution in [2.75, 3.05) is 27.2 Å². The summed E-state index contributed by atoms with van der Waals surface area (Å²) < 4.78 is 5.69. The van der Waals surface area contributed by atoms with Gasteiger partial charge in [-0.1, -0.05) is 12.1 Å². The molecule has 1 atom stereocenters. The lowest BCUT2D eigenvalue weighted by molar-refractivity contribution is 0.281. The number of nitrogens with two attached hydrogens (primary N) is 1. The first-order valence-corrected chi connectivity index (χ1v) is 6.70. The van der Waals surface area contributed by atoms with E-state index in [4.69, 9.17) is 10.5 Å². The summed E-state index contributed by atoms with van der Waals surface area (Å²) in [5.41, 5.74) is 7.07. The lowest BCUT2D eigenvalue weighted by atomic mass is 10.1. The Bertz CT molecular complexity index is 320. The molecule has 0 aliphatic carbocycles. The van der Waals surface area contributed by atoms with Crippen molar-refractivity contribution < 1.29 is 4.74 Å². The maximum Gasteiger partial charge on any atom is 0.119 e. The van der Waals surface area contributed by atoms with Gasteiger partial charge >= 0.3 is 0 Å². The maximum atomic E-state index is 5.75. The molecule has 1 rings (SSSR count). The van der Waals surface area contributed by atoms with Crippen molar-refractivity contribution in [2.45, 2.75) is 32.2 Å². The Hall–Kier alpha value is -1.06. The van der Waals surface area contributed by atoms with Gasteiger partial charge in [-0.2, -0.15) is 0 Å². The van der Waals surface area contributed by atoms with E-state index in [1.807, 2.05) is 19.1 Å². The zero-order valence-electron chi connectivity index (χ0n) is 11.9. The number of nitrogens with zero attached hydrogens (tertiary/aromatic N) is 1. The zero-order chi connectivity index (χ0) is 13.4. The van der Waals surface area contributed by atoms with Gasteiger partial charge in [-0.15, -0.1) is 0 Å². The molecule has 2 N–H and O–H groups in total. The van der Waals surface area contributed by atoms with Crippen molar-refractivity contribution in [3.63, 3.8) is 0 Å². The van der Waals surface area contributed by atoms with Gasteiger partial charge < -0.3 is 15.4 Å². The number of hydrogen-bond acceptors (Lipinski definition) is 3. The maximum absolute atomic E-state index is 5.75. The molecule has 0 heterocycles. The Morgan fingerprint density at radius 2 is 1.89 bits per heavy atom. The molecule has 1 unspecified atom stereocenters. The molecule has 102 valence electrons. The van der Waals surface area contributed by atoms with Crippen LogP contribution in [0.1, 0.15) is 25.3 Å². The average Bonchev–Trinajstić information content (AvgIpc) is 2.33. The molecule has 0 fully saturated rings. The van der Waals surface area contributed by atoms with Crippen LogP contribution in [0.2, 0.25) is 0 Å². The molecule has 3 heteroatoms. The molecule has 0 aliphatic rings. The predicted octanol–water partition coefficient (Wildman–Crippen LogP) is 2.30. The second kappa shape index (κ2) is 8.11. The fourth-order valence-electron chi connectivity index (χ4n) is 1.72. The summed E-state index contributed by atoms with van der Waals surface area (Å²) in [6.07, 6.45) is 3.13. The summed E-state index contributed by atoms with van der Waals surface area (Å²) >= 11 is 0. The topological polar surface area (TPSA) is 38.5 Å². The molecule has 0 spiro atoms. The van der Waals surface area contributed by atoms with Gasteiger partial charge in [-0.3, -0.25) is 0 Å². The molecule has 0 radical (unpaired) electrons. The van der Waals surface area contributed by atoms with Gasteiger partial charge in [0.1, 0.15) is 5.75 Å². The van der Waals surface area contributed by atoms with Crippen LogP contribution in [0.5, 0.6) is 5.75 Å². The van der Waals surface area contributed by atoms with Gasteiger partial charge in [0.15, 0.2) is 0 Å². The molecule has 3 nitrogen and oxygen atoms in total. The Balaban J connectivity index is 2.27. The van der Waals surface area contributed by atoms with E-state index in [-0.39, 0.29) is 6.04 Å². The Morgan fingerprint density at radius 3 is 2.44 bits per heavy atom. The normalized spacial score (nSPS) is 12.7. The Kier molecular flexibility index (Phi) is 6.76. The second-order valence-corrected chi connectivity index (χ2v) is 5.17. The molecule has 18 heavy (non-hydrogen) atoms. The van der Waals surface area contributed by atoms with E-state index in [2.05, 4.69) is 31.1 Å². The zero-order valence-corrected chi connectivity index (χ0v) is 11.9. The highest BCUT2D eigenvalue weighted by Crippen LogP contribution is 2.14. The molecule has 0 bridgehead atoms. The SMILES string of the molecule is CC(N)CCc1ccc(OCCCN(C)C)cc1. The molecule has 1 aromatic carbocycles. The van der Waals surface area contributed by atoms with Crippen molar-refractivity contribution in [3.8, 4) is 5.75 Å². The summed E-state index contributed by atoms with van der Waals surface area (Å²) in [6, 6.07) is 8.62. The van der Waals surface area contributed by atoms with E-state index >= 15 is 0 Å². The summed E-state index contributed by atoms with van der Waals surface area (Å²) in [4.78, 5) is 2.17. The summed E-state index contributed by atoms with van der Waals surface area (Å²) in [5, 5.41) is 0. The van der Waals surface area contributed by atoms with Crippen LogP contribution < -0.4 is 10.5 Å². The van der Waals surface area contributed by atoms with Crippen LogP contribution in [0, 0.1) is 0 Å². The third kappa shape index (κ3) is 6.62. The van der Waals surface area contributed by atoms with Crippen molar-refractivity contribution in [2.24, 2.45) is 5.73 Å². The summed E-state index contributed by atoms with van der Waals surface area (Å²) in [6.45, 7) is 3.88. The molecule has 0 saturated heterocycles. The molecule has 0 amide bonds. The van der Waals surface area contributed by atoms with Crippen LogP contribution in [-0.4, -0.2) is 38.2 Å². The van der Waals surface area contributed by atoms with Crippen LogP contribution in [0.3, 0.4) is 0 Å². The predicted molar refractivity (Wildman–Crippen MR) is 77.1 cm³/mol. The highest BCUT2D eigenvalue weighted by Gasteiger charge is 1.99.